The van der Waals surface area contributed by atoms with Gasteiger partial charge in [0.2, 0.25) is 10.0 Å². The van der Waals surface area contributed by atoms with Crippen molar-refractivity contribution in [2.45, 2.75) is 17.4 Å². The lowest BCUT2D eigenvalue weighted by atomic mass is 10.3. The van der Waals surface area contributed by atoms with Gasteiger partial charge in [-0.05, 0) is 34.5 Å². The summed E-state index contributed by atoms with van der Waals surface area (Å²) in [6, 6.07) is 2.20. The molecule has 8 heteroatoms. The number of nitrogen functional groups attached to an aromatic ring is 1. The fourth-order valence-corrected chi connectivity index (χ4v) is 4.49. The van der Waals surface area contributed by atoms with Crippen LogP contribution in [0, 0.1) is 5.82 Å². The highest BCUT2D eigenvalue weighted by atomic mass is 79.9. The van der Waals surface area contributed by atoms with E-state index in [1.807, 2.05) is 0 Å². The maximum atomic E-state index is 13.3. The molecule has 19 heavy (non-hydrogen) atoms. The molecule has 1 heterocycles. The van der Waals surface area contributed by atoms with E-state index >= 15 is 0 Å². The Kier molecular flexibility index (Phi) is 4.14. The number of hydrogen-bond donors (Lipinski definition) is 1. The SMILES string of the molecule is COC1CCN(S(=O)(=O)c2cc(N)c(F)cc2Br)C1. The maximum absolute atomic E-state index is 13.3. The summed E-state index contributed by atoms with van der Waals surface area (Å²) in [7, 11) is -2.14. The van der Waals surface area contributed by atoms with Gasteiger partial charge in [0, 0.05) is 24.7 Å². The summed E-state index contributed by atoms with van der Waals surface area (Å²) in [5.74, 6) is -0.651. The highest BCUT2D eigenvalue weighted by Gasteiger charge is 2.34. The van der Waals surface area contributed by atoms with Crippen LogP contribution in [0.5, 0.6) is 0 Å². The third-order valence-electron chi connectivity index (χ3n) is 3.11. The topological polar surface area (TPSA) is 72.6 Å². The van der Waals surface area contributed by atoms with Gasteiger partial charge in [-0.3, -0.25) is 0 Å². The first-order valence-corrected chi connectivity index (χ1v) is 7.87. The Labute approximate surface area is 119 Å². The van der Waals surface area contributed by atoms with E-state index in [0.29, 0.717) is 19.5 Å². The minimum atomic E-state index is -3.69. The van der Waals surface area contributed by atoms with Crippen LogP contribution in [0.1, 0.15) is 6.42 Å². The van der Waals surface area contributed by atoms with Crippen LogP contribution in [0.3, 0.4) is 0 Å². The van der Waals surface area contributed by atoms with Crippen LogP contribution in [0.4, 0.5) is 10.1 Å². The van der Waals surface area contributed by atoms with Crippen molar-refractivity contribution >= 4 is 31.6 Å². The van der Waals surface area contributed by atoms with Crippen molar-refractivity contribution < 1.29 is 17.5 Å². The van der Waals surface area contributed by atoms with Gasteiger partial charge in [0.15, 0.2) is 0 Å². The molecular formula is C11H14BrFN2O3S. The van der Waals surface area contributed by atoms with Crippen LogP contribution in [-0.2, 0) is 14.8 Å². The van der Waals surface area contributed by atoms with Gasteiger partial charge in [-0.15, -0.1) is 0 Å². The highest BCUT2D eigenvalue weighted by Crippen LogP contribution is 2.31. The number of nitrogens with two attached hydrogens (primary N) is 1. The van der Waals surface area contributed by atoms with Crippen molar-refractivity contribution in [1.82, 2.24) is 4.31 Å². The molecule has 1 fully saturated rings. The molecule has 0 spiro atoms. The summed E-state index contributed by atoms with van der Waals surface area (Å²) in [5, 5.41) is 0. The number of nitrogens with zero attached hydrogens (tertiary/aromatic N) is 1. The lowest BCUT2D eigenvalue weighted by Gasteiger charge is -2.17. The second-order valence-corrected chi connectivity index (χ2v) is 7.07. The molecule has 5 nitrogen and oxygen atoms in total. The lowest BCUT2D eigenvalue weighted by molar-refractivity contribution is 0.115. The van der Waals surface area contributed by atoms with Crippen molar-refractivity contribution in [2.24, 2.45) is 0 Å². The Balaban J connectivity index is 2.38. The molecular weight excluding hydrogens is 339 g/mol. The van der Waals surface area contributed by atoms with Crippen molar-refractivity contribution in [3.63, 3.8) is 0 Å². The zero-order valence-electron chi connectivity index (χ0n) is 10.3. The second-order valence-electron chi connectivity index (χ2n) is 4.31. The van der Waals surface area contributed by atoms with Gasteiger partial charge in [-0.25, -0.2) is 12.8 Å². The molecule has 2 N–H and O–H groups in total. The van der Waals surface area contributed by atoms with Crippen LogP contribution in [0.2, 0.25) is 0 Å². The van der Waals surface area contributed by atoms with Crippen molar-refractivity contribution in [3.8, 4) is 0 Å². The summed E-state index contributed by atoms with van der Waals surface area (Å²) in [5.41, 5.74) is 5.24. The summed E-state index contributed by atoms with van der Waals surface area (Å²) >= 11 is 3.06. The van der Waals surface area contributed by atoms with Crippen LogP contribution in [0.15, 0.2) is 21.5 Å². The predicted molar refractivity (Wildman–Crippen MR) is 72.7 cm³/mol. The molecule has 0 aromatic heterocycles. The molecule has 0 saturated carbocycles. The van der Waals surface area contributed by atoms with Gasteiger partial charge in [0.1, 0.15) is 5.82 Å². The zero-order valence-corrected chi connectivity index (χ0v) is 12.7. The number of halogens is 2. The monoisotopic (exact) mass is 352 g/mol. The Morgan fingerprint density at radius 3 is 2.79 bits per heavy atom. The minimum Gasteiger partial charge on any atom is -0.396 e. The van der Waals surface area contributed by atoms with E-state index in [0.717, 1.165) is 12.1 Å². The number of rotatable bonds is 3. The highest BCUT2D eigenvalue weighted by molar-refractivity contribution is 9.10. The van der Waals surface area contributed by atoms with E-state index in [9.17, 15) is 12.8 Å². The van der Waals surface area contributed by atoms with Crippen molar-refractivity contribution in [3.05, 3.63) is 22.4 Å². The van der Waals surface area contributed by atoms with E-state index in [1.54, 1.807) is 7.11 Å². The Morgan fingerprint density at radius 2 is 2.21 bits per heavy atom. The molecule has 1 aliphatic rings. The Morgan fingerprint density at radius 1 is 1.53 bits per heavy atom. The molecule has 1 unspecified atom stereocenters. The summed E-state index contributed by atoms with van der Waals surface area (Å²) in [6.07, 6.45) is 0.538. The summed E-state index contributed by atoms with van der Waals surface area (Å²) < 4.78 is 44.8. The molecule has 1 atom stereocenters. The number of ether oxygens (including phenoxy) is 1. The molecule has 1 aromatic rings. The average Bonchev–Trinajstić information content (AvgIpc) is 2.83. The first-order chi connectivity index (χ1) is 8.86. The number of hydrogen-bond acceptors (Lipinski definition) is 4. The molecule has 0 aliphatic carbocycles. The standard InChI is InChI=1S/C11H14BrFN2O3S/c1-18-7-2-3-15(6-7)19(16,17)11-5-10(14)9(13)4-8(11)12/h4-5,7H,2-3,6,14H2,1H3. The first kappa shape index (κ1) is 14.7. The van der Waals surface area contributed by atoms with Gasteiger partial charge in [-0.1, -0.05) is 0 Å². The maximum Gasteiger partial charge on any atom is 0.244 e. The zero-order chi connectivity index (χ0) is 14.2. The molecule has 1 saturated heterocycles. The molecule has 1 aliphatic heterocycles. The van der Waals surface area contributed by atoms with E-state index in [-0.39, 0.29) is 21.2 Å². The smallest absolute Gasteiger partial charge is 0.244 e. The molecule has 106 valence electrons. The fraction of sp³-hybridized carbons (Fsp3) is 0.455. The van der Waals surface area contributed by atoms with Crippen LogP contribution < -0.4 is 5.73 Å². The molecule has 0 radical (unpaired) electrons. The quantitative estimate of drug-likeness (QED) is 0.838. The van der Waals surface area contributed by atoms with Crippen molar-refractivity contribution in [2.75, 3.05) is 25.9 Å². The van der Waals surface area contributed by atoms with E-state index < -0.39 is 15.8 Å². The molecule has 0 bridgehead atoms. The van der Waals surface area contributed by atoms with E-state index in [1.165, 1.54) is 4.31 Å². The first-order valence-electron chi connectivity index (χ1n) is 5.63. The fourth-order valence-electron chi connectivity index (χ4n) is 1.99. The minimum absolute atomic E-state index is 0.0249. The third kappa shape index (κ3) is 2.76. The van der Waals surface area contributed by atoms with Gasteiger partial charge >= 0.3 is 0 Å². The van der Waals surface area contributed by atoms with Gasteiger partial charge in [0.25, 0.3) is 0 Å². The van der Waals surface area contributed by atoms with E-state index in [4.69, 9.17) is 10.5 Å². The lowest BCUT2D eigenvalue weighted by Crippen LogP contribution is -2.30. The largest absolute Gasteiger partial charge is 0.396 e. The van der Waals surface area contributed by atoms with Crippen molar-refractivity contribution in [1.29, 1.82) is 0 Å². The molecule has 1 aromatic carbocycles. The van der Waals surface area contributed by atoms with Gasteiger partial charge < -0.3 is 10.5 Å². The number of benzene rings is 1. The second kappa shape index (κ2) is 5.35. The van der Waals surface area contributed by atoms with E-state index in [2.05, 4.69) is 15.9 Å². The van der Waals surface area contributed by atoms with Gasteiger partial charge in [-0.2, -0.15) is 4.31 Å². The Hall–Kier alpha value is -0.700. The normalized spacial score (nSPS) is 20.9. The van der Waals surface area contributed by atoms with Gasteiger partial charge in [0.05, 0.1) is 16.7 Å². The third-order valence-corrected chi connectivity index (χ3v) is 5.93. The van der Waals surface area contributed by atoms with Crippen LogP contribution in [0.25, 0.3) is 0 Å². The number of methoxy groups -OCH3 is 1. The Bertz CT molecular complexity index is 594. The average molecular weight is 353 g/mol. The van der Waals surface area contributed by atoms with Crippen LogP contribution >= 0.6 is 15.9 Å². The molecule has 0 amide bonds. The number of sulfonamides is 1. The predicted octanol–water partition coefficient (Wildman–Crippen LogP) is 1.58. The van der Waals surface area contributed by atoms with Crippen LogP contribution in [-0.4, -0.2) is 39.0 Å². The number of anilines is 1. The summed E-state index contributed by atoms with van der Waals surface area (Å²) in [4.78, 5) is -0.0249. The summed E-state index contributed by atoms with van der Waals surface area (Å²) in [6.45, 7) is 0.674. The molecule has 2 rings (SSSR count).